The monoisotopic (exact) mass is 543 g/mol. The Morgan fingerprint density at radius 3 is 2.62 bits per heavy atom. The lowest BCUT2D eigenvalue weighted by molar-refractivity contribution is -0.127. The number of benzene rings is 2. The average molecular weight is 544 g/mol. The zero-order chi connectivity index (χ0) is 27.6. The van der Waals surface area contributed by atoms with Crippen molar-refractivity contribution in [1.29, 1.82) is 0 Å². The van der Waals surface area contributed by atoms with Gasteiger partial charge >= 0.3 is 0 Å². The predicted molar refractivity (Wildman–Crippen MR) is 148 cm³/mol. The van der Waals surface area contributed by atoms with Gasteiger partial charge < -0.3 is 14.8 Å². The molecule has 1 aliphatic carbocycles. The summed E-state index contributed by atoms with van der Waals surface area (Å²) in [5.74, 6) is 0.571. The van der Waals surface area contributed by atoms with E-state index in [4.69, 9.17) is 9.47 Å². The summed E-state index contributed by atoms with van der Waals surface area (Å²) in [6.07, 6.45) is 6.98. The number of para-hydroxylation sites is 1. The lowest BCUT2D eigenvalue weighted by Crippen LogP contribution is -2.48. The Morgan fingerprint density at radius 1 is 1.07 bits per heavy atom. The third-order valence-electron chi connectivity index (χ3n) is 7.58. The first kappa shape index (κ1) is 25.8. The van der Waals surface area contributed by atoms with Gasteiger partial charge in [0.1, 0.15) is 31.3 Å². The molecule has 0 spiro atoms. The summed E-state index contributed by atoms with van der Waals surface area (Å²) in [5, 5.41) is 16.2. The molecule has 2 aromatic carbocycles. The highest BCUT2D eigenvalue weighted by molar-refractivity contribution is 6.02. The highest BCUT2D eigenvalue weighted by atomic mass is 16.6. The van der Waals surface area contributed by atoms with E-state index in [0.717, 1.165) is 31.2 Å². The topological polar surface area (TPSA) is 116 Å². The number of hydrogen-bond acceptors (Lipinski definition) is 7. The molecule has 1 saturated carbocycles. The molecule has 1 atom stereocenters. The van der Waals surface area contributed by atoms with Crippen molar-refractivity contribution in [2.24, 2.45) is 7.05 Å². The highest BCUT2D eigenvalue weighted by Gasteiger charge is 2.37. The normalized spacial score (nSPS) is 16.1. The average Bonchev–Trinajstić information content (AvgIpc) is 3.53. The molecule has 2 amide bonds. The first-order valence-electron chi connectivity index (χ1n) is 13.8. The number of anilines is 1. The van der Waals surface area contributed by atoms with Crippen LogP contribution in [0.15, 0.2) is 48.7 Å². The van der Waals surface area contributed by atoms with Gasteiger partial charge in [-0.1, -0.05) is 36.6 Å². The van der Waals surface area contributed by atoms with Gasteiger partial charge in [-0.25, -0.2) is 4.68 Å². The molecule has 0 bridgehead atoms. The van der Waals surface area contributed by atoms with E-state index >= 15 is 0 Å². The number of hydrogen-bond donors (Lipinski definition) is 1. The largest absolute Gasteiger partial charge is 0.486 e. The van der Waals surface area contributed by atoms with Crippen LogP contribution in [0.1, 0.15) is 49.4 Å². The van der Waals surface area contributed by atoms with Crippen molar-refractivity contribution < 1.29 is 19.1 Å². The molecule has 2 aliphatic rings. The zero-order valence-corrected chi connectivity index (χ0v) is 22.7. The number of aromatic nitrogens is 5. The number of carbonyl (C=O) groups excluding carboxylic acids is 2. The minimum atomic E-state index is -0.958. The molecule has 1 aliphatic heterocycles. The molecule has 0 saturated heterocycles. The van der Waals surface area contributed by atoms with Crippen LogP contribution in [0.25, 0.3) is 11.0 Å². The van der Waals surface area contributed by atoms with Gasteiger partial charge in [0.2, 0.25) is 11.8 Å². The molecule has 1 fully saturated rings. The molecule has 40 heavy (non-hydrogen) atoms. The molecule has 0 radical (unpaired) electrons. The maximum atomic E-state index is 14.3. The van der Waals surface area contributed by atoms with Gasteiger partial charge in [-0.3, -0.25) is 19.2 Å². The molecule has 11 nitrogen and oxygen atoms in total. The standard InChI is InChI=1S/C29H33N7O4/c1-19-22(17-34(2)32-19)28(29(38)30-20-8-4-3-5-9-20)36(21-12-13-25-26(16-21)40-15-14-39-25)27(37)18-35-24-11-7-6-10-23(24)31-33-35/h6-7,10-13,16-17,20,28H,3-5,8-9,14-15,18H2,1-2H3,(H,30,38). The van der Waals surface area contributed by atoms with Crippen LogP contribution in [0.5, 0.6) is 11.5 Å². The summed E-state index contributed by atoms with van der Waals surface area (Å²) in [7, 11) is 1.81. The Labute approximate surface area is 232 Å². The van der Waals surface area contributed by atoms with Crippen LogP contribution < -0.4 is 19.7 Å². The summed E-state index contributed by atoms with van der Waals surface area (Å²) in [5.41, 5.74) is 3.27. The molecule has 6 rings (SSSR count). The number of nitrogens with zero attached hydrogens (tertiary/aromatic N) is 6. The fraction of sp³-hybridized carbons (Fsp3) is 0.414. The second-order valence-corrected chi connectivity index (χ2v) is 10.4. The minimum absolute atomic E-state index is 0.0669. The second-order valence-electron chi connectivity index (χ2n) is 10.4. The van der Waals surface area contributed by atoms with E-state index < -0.39 is 6.04 Å². The van der Waals surface area contributed by atoms with Crippen molar-refractivity contribution in [3.63, 3.8) is 0 Å². The maximum Gasteiger partial charge on any atom is 0.249 e. The van der Waals surface area contributed by atoms with Crippen LogP contribution in [-0.4, -0.2) is 55.8 Å². The number of fused-ring (bicyclic) bond motifs is 2. The number of amides is 2. The van der Waals surface area contributed by atoms with Gasteiger partial charge in [0, 0.05) is 36.6 Å². The van der Waals surface area contributed by atoms with Crippen LogP contribution in [0, 0.1) is 6.92 Å². The van der Waals surface area contributed by atoms with Gasteiger partial charge in [-0.2, -0.15) is 5.10 Å². The third kappa shape index (κ3) is 5.11. The van der Waals surface area contributed by atoms with E-state index in [1.54, 1.807) is 27.6 Å². The van der Waals surface area contributed by atoms with Gasteiger partial charge in [0.15, 0.2) is 11.5 Å². The molecule has 1 unspecified atom stereocenters. The lowest BCUT2D eigenvalue weighted by Gasteiger charge is -2.33. The Balaban J connectivity index is 1.44. The predicted octanol–water partition coefficient (Wildman–Crippen LogP) is 3.47. The maximum absolute atomic E-state index is 14.3. The highest BCUT2D eigenvalue weighted by Crippen LogP contribution is 2.38. The van der Waals surface area contributed by atoms with Gasteiger partial charge in [0.05, 0.1) is 11.2 Å². The molecule has 3 heterocycles. The zero-order valence-electron chi connectivity index (χ0n) is 22.7. The van der Waals surface area contributed by atoms with E-state index in [1.165, 1.54) is 11.3 Å². The Bertz CT molecular complexity index is 1540. The van der Waals surface area contributed by atoms with Crippen LogP contribution in [0.4, 0.5) is 5.69 Å². The van der Waals surface area contributed by atoms with E-state index in [1.807, 2.05) is 44.4 Å². The van der Waals surface area contributed by atoms with Gasteiger partial charge in [-0.15, -0.1) is 5.10 Å². The summed E-state index contributed by atoms with van der Waals surface area (Å²) >= 11 is 0. The second kappa shape index (κ2) is 11.0. The Morgan fingerprint density at radius 2 is 1.85 bits per heavy atom. The molecule has 11 heteroatoms. The lowest BCUT2D eigenvalue weighted by atomic mass is 9.94. The van der Waals surface area contributed by atoms with Crippen LogP contribution >= 0.6 is 0 Å². The van der Waals surface area contributed by atoms with Gasteiger partial charge in [-0.05, 0) is 44.0 Å². The summed E-state index contributed by atoms with van der Waals surface area (Å²) in [6.45, 7) is 2.60. The summed E-state index contributed by atoms with van der Waals surface area (Å²) in [6, 6.07) is 11.9. The van der Waals surface area contributed by atoms with Crippen LogP contribution in [-0.2, 0) is 23.2 Å². The van der Waals surface area contributed by atoms with Crippen molar-refractivity contribution in [2.75, 3.05) is 18.1 Å². The summed E-state index contributed by atoms with van der Waals surface area (Å²) in [4.78, 5) is 30.0. The van der Waals surface area contributed by atoms with E-state index in [9.17, 15) is 9.59 Å². The number of carbonyl (C=O) groups is 2. The van der Waals surface area contributed by atoms with Gasteiger partial charge in [0.25, 0.3) is 0 Å². The SMILES string of the molecule is Cc1nn(C)cc1C(C(=O)NC1CCCCC1)N(C(=O)Cn1nnc2ccccc21)c1ccc2c(c1)OCCO2. The molecular weight excluding hydrogens is 510 g/mol. The molecule has 208 valence electrons. The molecular formula is C29H33N7O4. The fourth-order valence-electron chi connectivity index (χ4n) is 5.67. The van der Waals surface area contributed by atoms with Crippen LogP contribution in [0.2, 0.25) is 0 Å². The number of nitrogens with one attached hydrogen (secondary N) is 1. The van der Waals surface area contributed by atoms with Crippen LogP contribution in [0.3, 0.4) is 0 Å². The van der Waals surface area contributed by atoms with Crippen molar-refractivity contribution in [2.45, 2.75) is 57.7 Å². The smallest absolute Gasteiger partial charge is 0.249 e. The van der Waals surface area contributed by atoms with Crippen molar-refractivity contribution in [3.8, 4) is 11.5 Å². The van der Waals surface area contributed by atoms with E-state index in [2.05, 4.69) is 20.7 Å². The number of ether oxygens (including phenoxy) is 2. The Hall–Kier alpha value is -4.41. The van der Waals surface area contributed by atoms with Crippen molar-refractivity contribution in [1.82, 2.24) is 30.1 Å². The summed E-state index contributed by atoms with van der Waals surface area (Å²) < 4.78 is 14.8. The molecule has 4 aromatic rings. The Kier molecular flexibility index (Phi) is 7.10. The fourth-order valence-corrected chi connectivity index (χ4v) is 5.67. The first-order valence-corrected chi connectivity index (χ1v) is 13.8. The minimum Gasteiger partial charge on any atom is -0.486 e. The van der Waals surface area contributed by atoms with E-state index in [-0.39, 0.29) is 24.4 Å². The molecule has 2 aromatic heterocycles. The number of rotatable bonds is 7. The quantitative estimate of drug-likeness (QED) is 0.379. The van der Waals surface area contributed by atoms with E-state index in [0.29, 0.717) is 47.2 Å². The van der Waals surface area contributed by atoms with Crippen molar-refractivity contribution >= 4 is 28.5 Å². The van der Waals surface area contributed by atoms with Crippen molar-refractivity contribution in [3.05, 3.63) is 59.9 Å². The first-order chi connectivity index (χ1) is 19.5. The third-order valence-corrected chi connectivity index (χ3v) is 7.58. The molecule has 1 N–H and O–H groups in total. The number of aryl methyl sites for hydroxylation is 2.